The first kappa shape index (κ1) is 25.9. The third-order valence-corrected chi connectivity index (χ3v) is 11.3. The van der Waals surface area contributed by atoms with Crippen molar-refractivity contribution in [3.8, 4) is 0 Å². The molecule has 0 aromatic rings. The summed E-state index contributed by atoms with van der Waals surface area (Å²) in [6.07, 6.45) is 13.1. The minimum absolute atomic E-state index is 0.0513. The van der Waals surface area contributed by atoms with Crippen molar-refractivity contribution in [2.45, 2.75) is 105 Å². The molecule has 9 atom stereocenters. The predicted octanol–water partition coefficient (Wildman–Crippen LogP) is 6.54. The molecule has 3 fully saturated rings. The smallest absolute Gasteiger partial charge is 0.307 e. The van der Waals surface area contributed by atoms with Gasteiger partial charge in [-0.3, -0.25) is 9.59 Å². The van der Waals surface area contributed by atoms with E-state index in [0.29, 0.717) is 34.7 Å². The van der Waals surface area contributed by atoms with Gasteiger partial charge in [0.2, 0.25) is 5.91 Å². The molecule has 0 aromatic heterocycles. The summed E-state index contributed by atoms with van der Waals surface area (Å²) in [6, 6.07) is 0. The Morgan fingerprint density at radius 1 is 1.14 bits per heavy atom. The van der Waals surface area contributed by atoms with Gasteiger partial charge >= 0.3 is 5.97 Å². The zero-order valence-corrected chi connectivity index (χ0v) is 23.3. The van der Waals surface area contributed by atoms with Gasteiger partial charge in [0.05, 0.1) is 5.76 Å². The van der Waals surface area contributed by atoms with E-state index in [9.17, 15) is 9.59 Å². The number of nitrogens with one attached hydrogen (secondary N) is 1. The molecule has 0 bridgehead atoms. The van der Waals surface area contributed by atoms with Gasteiger partial charge in [-0.15, -0.1) is 0 Å². The summed E-state index contributed by atoms with van der Waals surface area (Å²) in [6.45, 7) is 13.5. The second-order valence-electron chi connectivity index (χ2n) is 13.4. The molecule has 1 aliphatic heterocycles. The lowest BCUT2D eigenvalue weighted by Gasteiger charge is -2.59. The summed E-state index contributed by atoms with van der Waals surface area (Å²) < 4.78 is 12.2. The number of esters is 1. The molecule has 3 saturated carbocycles. The van der Waals surface area contributed by atoms with Crippen molar-refractivity contribution in [2.24, 2.45) is 46.3 Å². The van der Waals surface area contributed by atoms with Crippen molar-refractivity contribution in [3.05, 3.63) is 23.2 Å². The van der Waals surface area contributed by atoms with Gasteiger partial charge in [-0.05, 0) is 104 Å². The highest BCUT2D eigenvalue weighted by molar-refractivity contribution is 5.72. The van der Waals surface area contributed by atoms with Crippen molar-refractivity contribution in [1.29, 1.82) is 0 Å². The zero-order valence-electron chi connectivity index (χ0n) is 23.3. The van der Waals surface area contributed by atoms with Crippen molar-refractivity contribution in [1.82, 2.24) is 5.32 Å². The third kappa shape index (κ3) is 4.32. The van der Waals surface area contributed by atoms with E-state index in [2.05, 4.69) is 39.1 Å². The average molecular weight is 498 g/mol. The molecule has 1 heterocycles. The highest BCUT2D eigenvalue weighted by Crippen LogP contribution is 2.69. The molecule has 0 spiro atoms. The molecule has 1 N–H and O–H groups in total. The van der Waals surface area contributed by atoms with Crippen LogP contribution in [-0.4, -0.2) is 24.5 Å². The summed E-state index contributed by atoms with van der Waals surface area (Å²) in [4.78, 5) is 22.8. The SMILES string of the molecule is CC(=O)NCC(C)CCC1=C(C)C2C(CC3C4CCC5C=C(OC(C)=O)CCC5(C)C4CCC32C)O1. The maximum atomic E-state index is 11.5. The third-order valence-electron chi connectivity index (χ3n) is 11.3. The maximum Gasteiger partial charge on any atom is 0.307 e. The van der Waals surface area contributed by atoms with Gasteiger partial charge in [-0.1, -0.05) is 20.8 Å². The summed E-state index contributed by atoms with van der Waals surface area (Å²) >= 11 is 0. The van der Waals surface area contributed by atoms with Crippen LogP contribution in [0.25, 0.3) is 0 Å². The number of hydrogen-bond acceptors (Lipinski definition) is 4. The number of carbonyl (C=O) groups is 2. The molecule has 0 aromatic carbocycles. The summed E-state index contributed by atoms with van der Waals surface area (Å²) in [7, 11) is 0. The molecule has 0 radical (unpaired) electrons. The van der Waals surface area contributed by atoms with Gasteiger partial charge in [0.15, 0.2) is 0 Å². The van der Waals surface area contributed by atoms with E-state index in [1.54, 1.807) is 6.92 Å². The van der Waals surface area contributed by atoms with Crippen LogP contribution < -0.4 is 5.32 Å². The van der Waals surface area contributed by atoms with E-state index in [0.717, 1.165) is 55.7 Å². The van der Waals surface area contributed by atoms with Crippen LogP contribution in [0.15, 0.2) is 23.2 Å². The van der Waals surface area contributed by atoms with Crippen LogP contribution >= 0.6 is 0 Å². The fourth-order valence-corrected chi connectivity index (χ4v) is 9.48. The largest absolute Gasteiger partial charge is 0.494 e. The lowest BCUT2D eigenvalue weighted by Crippen LogP contribution is -2.52. The van der Waals surface area contributed by atoms with Gasteiger partial charge in [-0.25, -0.2) is 0 Å². The normalized spacial score (nSPS) is 41.8. The van der Waals surface area contributed by atoms with Gasteiger partial charge in [0.25, 0.3) is 0 Å². The molecule has 36 heavy (non-hydrogen) atoms. The standard InChI is InChI=1S/C31H47NO4/c1-18(17-32-20(3)33)7-10-27-19(2)29-28(36-27)16-26-24-9-8-22-15-23(35-21(4)34)11-13-30(22,5)25(24)12-14-31(26,29)6/h15,18,22,24-26,28-29H,7-14,16-17H2,1-6H3,(H,32,33). The van der Waals surface area contributed by atoms with Crippen LogP contribution in [0.3, 0.4) is 0 Å². The lowest BCUT2D eigenvalue weighted by molar-refractivity contribution is -0.138. The maximum absolute atomic E-state index is 11.5. The lowest BCUT2D eigenvalue weighted by atomic mass is 9.45. The topological polar surface area (TPSA) is 64.6 Å². The van der Waals surface area contributed by atoms with Crippen LogP contribution in [0.5, 0.6) is 0 Å². The first-order valence-electron chi connectivity index (χ1n) is 14.5. The van der Waals surface area contributed by atoms with Gasteiger partial charge in [0.1, 0.15) is 11.9 Å². The van der Waals surface area contributed by atoms with Crippen LogP contribution in [0.1, 0.15) is 99.3 Å². The van der Waals surface area contributed by atoms with Gasteiger partial charge in [-0.2, -0.15) is 0 Å². The van der Waals surface area contributed by atoms with E-state index in [-0.39, 0.29) is 11.9 Å². The van der Waals surface area contributed by atoms with Gasteiger partial charge in [0, 0.05) is 39.2 Å². The Morgan fingerprint density at radius 3 is 2.64 bits per heavy atom. The number of rotatable bonds is 6. The monoisotopic (exact) mass is 497 g/mol. The first-order valence-corrected chi connectivity index (χ1v) is 14.5. The molecule has 5 nitrogen and oxygen atoms in total. The number of carbonyl (C=O) groups excluding carboxylic acids is 2. The molecule has 5 rings (SSSR count). The second kappa shape index (κ2) is 9.51. The minimum atomic E-state index is -0.186. The summed E-state index contributed by atoms with van der Waals surface area (Å²) in [5.74, 6) is 5.88. The van der Waals surface area contributed by atoms with Gasteiger partial charge < -0.3 is 14.8 Å². The summed E-state index contributed by atoms with van der Waals surface area (Å²) in [5.41, 5.74) is 2.18. The van der Waals surface area contributed by atoms with Crippen molar-refractivity contribution in [2.75, 3.05) is 6.54 Å². The first-order chi connectivity index (χ1) is 17.0. The van der Waals surface area contributed by atoms with E-state index >= 15 is 0 Å². The van der Waals surface area contributed by atoms with Crippen LogP contribution in [0, 0.1) is 46.3 Å². The Hall–Kier alpha value is -1.78. The predicted molar refractivity (Wildman–Crippen MR) is 140 cm³/mol. The molecule has 5 heteroatoms. The Balaban J connectivity index is 1.28. The number of allylic oxidation sites excluding steroid dienone is 3. The quantitative estimate of drug-likeness (QED) is 0.423. The second-order valence-corrected chi connectivity index (χ2v) is 13.4. The van der Waals surface area contributed by atoms with Crippen LogP contribution in [-0.2, 0) is 19.1 Å². The van der Waals surface area contributed by atoms with Crippen molar-refractivity contribution < 1.29 is 19.1 Å². The van der Waals surface area contributed by atoms with E-state index in [1.807, 2.05) is 0 Å². The van der Waals surface area contributed by atoms with Crippen LogP contribution in [0.2, 0.25) is 0 Å². The molecule has 200 valence electrons. The number of ether oxygens (including phenoxy) is 2. The Kier molecular flexibility index (Phi) is 6.83. The molecular weight excluding hydrogens is 450 g/mol. The molecule has 9 unspecified atom stereocenters. The zero-order chi connectivity index (χ0) is 25.8. The van der Waals surface area contributed by atoms with E-state index in [4.69, 9.17) is 9.47 Å². The fraction of sp³-hybridized carbons (Fsp3) is 0.806. The van der Waals surface area contributed by atoms with E-state index in [1.165, 1.54) is 50.4 Å². The van der Waals surface area contributed by atoms with E-state index < -0.39 is 0 Å². The van der Waals surface area contributed by atoms with Crippen molar-refractivity contribution >= 4 is 11.9 Å². The Morgan fingerprint density at radius 2 is 1.92 bits per heavy atom. The van der Waals surface area contributed by atoms with Crippen molar-refractivity contribution in [3.63, 3.8) is 0 Å². The molecular formula is C31H47NO4. The summed E-state index contributed by atoms with van der Waals surface area (Å²) in [5, 5.41) is 2.95. The Labute approximate surface area is 217 Å². The molecule has 0 saturated heterocycles. The number of fused-ring (bicyclic) bond motifs is 7. The number of amides is 1. The number of hydrogen-bond donors (Lipinski definition) is 1. The Bertz CT molecular complexity index is 968. The highest BCUT2D eigenvalue weighted by atomic mass is 16.5. The molecule has 5 aliphatic rings. The molecule has 4 aliphatic carbocycles. The average Bonchev–Trinajstić information content (AvgIpc) is 3.29. The van der Waals surface area contributed by atoms with Crippen LogP contribution in [0.4, 0.5) is 0 Å². The fourth-order valence-electron chi connectivity index (χ4n) is 9.48. The minimum Gasteiger partial charge on any atom is -0.494 e. The molecule has 1 amide bonds. The highest BCUT2D eigenvalue weighted by Gasteiger charge is 2.64.